The standard InChI is InChI=1S/C23H26N2O2/c1-16-4-3-5-22(17(16)2)25-23(26)15-27-21-12-10-20(11-13-21)19-8-6-18(14-24)7-9-19/h6-13,16-17,22H,3-5,15H2,1-2H3,(H,25,26)/t16-,17-,22-/m1/s1. The van der Waals surface area contributed by atoms with Crippen molar-refractivity contribution in [2.24, 2.45) is 11.8 Å². The molecule has 2 aromatic carbocycles. The zero-order valence-corrected chi connectivity index (χ0v) is 15.9. The third-order valence-electron chi connectivity index (χ3n) is 5.62. The fourth-order valence-electron chi connectivity index (χ4n) is 3.66. The second-order valence-electron chi connectivity index (χ2n) is 7.44. The number of carbonyl (C=O) groups is 1. The molecule has 0 aromatic heterocycles. The van der Waals surface area contributed by atoms with E-state index in [9.17, 15) is 4.79 Å². The molecule has 3 rings (SSSR count). The van der Waals surface area contributed by atoms with Crippen molar-refractivity contribution in [1.29, 1.82) is 5.26 Å². The Hall–Kier alpha value is -2.80. The zero-order valence-electron chi connectivity index (χ0n) is 15.9. The fraction of sp³-hybridized carbons (Fsp3) is 0.391. The number of hydrogen-bond donors (Lipinski definition) is 1. The minimum atomic E-state index is -0.0582. The quantitative estimate of drug-likeness (QED) is 0.849. The lowest BCUT2D eigenvalue weighted by Crippen LogP contribution is -2.45. The Morgan fingerprint density at radius 1 is 1.07 bits per heavy atom. The van der Waals surface area contributed by atoms with Crippen molar-refractivity contribution in [1.82, 2.24) is 5.32 Å². The van der Waals surface area contributed by atoms with E-state index in [0.717, 1.165) is 17.5 Å². The van der Waals surface area contributed by atoms with E-state index in [-0.39, 0.29) is 18.6 Å². The van der Waals surface area contributed by atoms with E-state index in [0.29, 0.717) is 23.1 Å². The van der Waals surface area contributed by atoms with Gasteiger partial charge >= 0.3 is 0 Å². The average molecular weight is 362 g/mol. The van der Waals surface area contributed by atoms with Crippen molar-refractivity contribution in [3.8, 4) is 22.9 Å². The van der Waals surface area contributed by atoms with Crippen molar-refractivity contribution in [2.45, 2.75) is 39.2 Å². The SMILES string of the molecule is C[C@@H]1[C@H](C)CCC[C@H]1NC(=O)COc1ccc(-c2ccc(C#N)cc2)cc1. The van der Waals surface area contributed by atoms with Crippen LogP contribution in [0.4, 0.5) is 0 Å². The highest BCUT2D eigenvalue weighted by atomic mass is 16.5. The molecular weight excluding hydrogens is 336 g/mol. The van der Waals surface area contributed by atoms with Crippen LogP contribution in [0.2, 0.25) is 0 Å². The summed E-state index contributed by atoms with van der Waals surface area (Å²) in [6.07, 6.45) is 3.47. The lowest BCUT2D eigenvalue weighted by Gasteiger charge is -2.34. The molecule has 1 aliphatic rings. The van der Waals surface area contributed by atoms with Gasteiger partial charge in [0, 0.05) is 6.04 Å². The summed E-state index contributed by atoms with van der Waals surface area (Å²) < 4.78 is 5.64. The zero-order chi connectivity index (χ0) is 19.2. The molecule has 0 saturated heterocycles. The first-order valence-electron chi connectivity index (χ1n) is 9.59. The first kappa shape index (κ1) is 19.0. The molecule has 0 radical (unpaired) electrons. The smallest absolute Gasteiger partial charge is 0.258 e. The summed E-state index contributed by atoms with van der Waals surface area (Å²) in [5.41, 5.74) is 2.73. The molecule has 0 aliphatic heterocycles. The molecule has 1 saturated carbocycles. The molecule has 140 valence electrons. The van der Waals surface area contributed by atoms with Crippen LogP contribution in [-0.2, 0) is 4.79 Å². The lowest BCUT2D eigenvalue weighted by atomic mass is 9.78. The normalized spacial score (nSPS) is 21.9. The van der Waals surface area contributed by atoms with Crippen molar-refractivity contribution >= 4 is 5.91 Å². The molecule has 1 N–H and O–H groups in total. The minimum Gasteiger partial charge on any atom is -0.484 e. The largest absolute Gasteiger partial charge is 0.484 e. The highest BCUT2D eigenvalue weighted by molar-refractivity contribution is 5.78. The maximum atomic E-state index is 12.2. The Labute approximate surface area is 161 Å². The predicted octanol–water partition coefficient (Wildman–Crippen LogP) is 4.54. The van der Waals surface area contributed by atoms with Gasteiger partial charge < -0.3 is 10.1 Å². The molecule has 0 unspecified atom stereocenters. The number of hydrogen-bond acceptors (Lipinski definition) is 3. The van der Waals surface area contributed by atoms with Crippen LogP contribution in [0.15, 0.2) is 48.5 Å². The van der Waals surface area contributed by atoms with Gasteiger partial charge in [-0.15, -0.1) is 0 Å². The van der Waals surface area contributed by atoms with Gasteiger partial charge in [0.05, 0.1) is 11.6 Å². The molecule has 27 heavy (non-hydrogen) atoms. The first-order valence-corrected chi connectivity index (χ1v) is 9.59. The second-order valence-corrected chi connectivity index (χ2v) is 7.44. The molecule has 3 atom stereocenters. The van der Waals surface area contributed by atoms with Gasteiger partial charge in [0.2, 0.25) is 0 Å². The van der Waals surface area contributed by atoms with Gasteiger partial charge in [-0.3, -0.25) is 4.79 Å². The molecule has 4 nitrogen and oxygen atoms in total. The van der Waals surface area contributed by atoms with Gasteiger partial charge in [0.1, 0.15) is 5.75 Å². The van der Waals surface area contributed by atoms with Crippen LogP contribution >= 0.6 is 0 Å². The van der Waals surface area contributed by atoms with Crippen LogP contribution in [-0.4, -0.2) is 18.6 Å². The van der Waals surface area contributed by atoms with Crippen LogP contribution in [0.1, 0.15) is 38.7 Å². The average Bonchev–Trinajstić information content (AvgIpc) is 2.70. The molecule has 0 heterocycles. The molecular formula is C23H26N2O2. The number of ether oxygens (including phenoxy) is 1. The van der Waals surface area contributed by atoms with Crippen LogP contribution in [0, 0.1) is 23.2 Å². The summed E-state index contributed by atoms with van der Waals surface area (Å²) >= 11 is 0. The van der Waals surface area contributed by atoms with Gasteiger partial charge in [-0.25, -0.2) is 0 Å². The van der Waals surface area contributed by atoms with E-state index in [1.807, 2.05) is 36.4 Å². The van der Waals surface area contributed by atoms with E-state index in [2.05, 4.69) is 25.2 Å². The Kier molecular flexibility index (Phi) is 6.13. The van der Waals surface area contributed by atoms with Crippen molar-refractivity contribution in [3.63, 3.8) is 0 Å². The van der Waals surface area contributed by atoms with Gasteiger partial charge in [-0.1, -0.05) is 51.0 Å². The predicted molar refractivity (Wildman–Crippen MR) is 106 cm³/mol. The van der Waals surface area contributed by atoms with E-state index >= 15 is 0 Å². The third-order valence-corrected chi connectivity index (χ3v) is 5.62. The molecule has 0 bridgehead atoms. The van der Waals surface area contributed by atoms with Crippen LogP contribution < -0.4 is 10.1 Å². The summed E-state index contributed by atoms with van der Waals surface area (Å²) in [4.78, 5) is 12.2. The molecule has 1 aliphatic carbocycles. The Morgan fingerprint density at radius 2 is 1.70 bits per heavy atom. The summed E-state index contributed by atoms with van der Waals surface area (Å²) in [5, 5.41) is 12.0. The highest BCUT2D eigenvalue weighted by Gasteiger charge is 2.28. The van der Waals surface area contributed by atoms with Gasteiger partial charge in [-0.05, 0) is 53.6 Å². The number of amides is 1. The van der Waals surface area contributed by atoms with Gasteiger partial charge in [0.25, 0.3) is 5.91 Å². The second kappa shape index (κ2) is 8.73. The van der Waals surface area contributed by atoms with E-state index < -0.39 is 0 Å². The fourth-order valence-corrected chi connectivity index (χ4v) is 3.66. The Morgan fingerprint density at radius 3 is 2.33 bits per heavy atom. The highest BCUT2D eigenvalue weighted by Crippen LogP contribution is 2.29. The maximum Gasteiger partial charge on any atom is 0.258 e. The number of nitriles is 1. The van der Waals surface area contributed by atoms with Gasteiger partial charge in [0.15, 0.2) is 6.61 Å². The first-order chi connectivity index (χ1) is 13.1. The van der Waals surface area contributed by atoms with Crippen LogP contribution in [0.3, 0.4) is 0 Å². The lowest BCUT2D eigenvalue weighted by molar-refractivity contribution is -0.124. The van der Waals surface area contributed by atoms with E-state index in [1.54, 1.807) is 12.1 Å². The minimum absolute atomic E-state index is 0.0355. The van der Waals surface area contributed by atoms with E-state index in [1.165, 1.54) is 12.8 Å². The number of carbonyl (C=O) groups excluding carboxylic acids is 1. The molecule has 4 heteroatoms. The topological polar surface area (TPSA) is 62.1 Å². The number of nitrogens with one attached hydrogen (secondary N) is 1. The van der Waals surface area contributed by atoms with Crippen molar-refractivity contribution < 1.29 is 9.53 Å². The summed E-state index contributed by atoms with van der Waals surface area (Å²) in [7, 11) is 0. The monoisotopic (exact) mass is 362 g/mol. The molecule has 0 spiro atoms. The molecule has 1 fully saturated rings. The summed E-state index contributed by atoms with van der Waals surface area (Å²) in [6, 6.07) is 17.5. The Bertz CT molecular complexity index is 806. The third kappa shape index (κ3) is 4.89. The molecule has 2 aromatic rings. The van der Waals surface area contributed by atoms with Crippen LogP contribution in [0.25, 0.3) is 11.1 Å². The maximum absolute atomic E-state index is 12.2. The summed E-state index contributed by atoms with van der Waals surface area (Å²) in [5.74, 6) is 1.78. The summed E-state index contributed by atoms with van der Waals surface area (Å²) in [6.45, 7) is 4.51. The van der Waals surface area contributed by atoms with E-state index in [4.69, 9.17) is 10.00 Å². The molecule has 1 amide bonds. The number of nitrogens with zero attached hydrogens (tertiary/aromatic N) is 1. The van der Waals surface area contributed by atoms with Crippen molar-refractivity contribution in [3.05, 3.63) is 54.1 Å². The number of rotatable bonds is 5. The number of benzene rings is 2. The van der Waals surface area contributed by atoms with Crippen LogP contribution in [0.5, 0.6) is 5.75 Å². The van der Waals surface area contributed by atoms with Gasteiger partial charge in [-0.2, -0.15) is 5.26 Å². The van der Waals surface area contributed by atoms with Crippen molar-refractivity contribution in [2.75, 3.05) is 6.61 Å². The Balaban J connectivity index is 1.52.